The van der Waals surface area contributed by atoms with Crippen molar-refractivity contribution in [2.75, 3.05) is 0 Å². The molecule has 1 aromatic rings. The predicted octanol–water partition coefficient (Wildman–Crippen LogP) is 1.05. The van der Waals surface area contributed by atoms with E-state index in [1.54, 1.807) is 6.07 Å². The first kappa shape index (κ1) is 24.6. The van der Waals surface area contributed by atoms with Crippen molar-refractivity contribution >= 4 is 12.3 Å². The van der Waals surface area contributed by atoms with E-state index in [0.717, 1.165) is 0 Å². The van der Waals surface area contributed by atoms with E-state index < -0.39 is 69.7 Å². The molecule has 0 aliphatic heterocycles. The fraction of sp³-hybridized carbons (Fsp3) is 0.731. The highest BCUT2D eigenvalue weighted by molar-refractivity contribution is 5.70. The van der Waals surface area contributed by atoms with Crippen molar-refractivity contribution in [3.05, 3.63) is 34.4 Å². The second-order valence-corrected chi connectivity index (χ2v) is 11.5. The molecule has 0 spiro atoms. The van der Waals surface area contributed by atoms with Crippen LogP contribution < -0.4 is 5.63 Å². The molecule has 10 atom stereocenters. The first-order valence-corrected chi connectivity index (χ1v) is 12.4. The standard InChI is InChI=1S/C26H34O9/c1-14(28)35-20-9-16(29)10-24(32)8-6-18-17(25(20,24)13-27)5-7-23(2)22(19(30)11-26(18,23)33)15-3-4-21(31)34-12-15/h3-4,12-13,16-20,22,29-30,32-33H,5-11H2,1-2H3. The van der Waals surface area contributed by atoms with Gasteiger partial charge in [-0.3, -0.25) is 4.79 Å². The molecular weight excluding hydrogens is 456 g/mol. The van der Waals surface area contributed by atoms with Crippen molar-refractivity contribution in [1.82, 2.24) is 0 Å². The Hall–Kier alpha value is -2.07. The lowest BCUT2D eigenvalue weighted by molar-refractivity contribution is -0.274. The Balaban J connectivity index is 1.59. The number of carbonyl (C=O) groups is 2. The van der Waals surface area contributed by atoms with Crippen LogP contribution in [0.5, 0.6) is 0 Å². The van der Waals surface area contributed by atoms with Gasteiger partial charge in [0.2, 0.25) is 0 Å². The molecule has 35 heavy (non-hydrogen) atoms. The summed E-state index contributed by atoms with van der Waals surface area (Å²) in [5.74, 6) is -2.04. The van der Waals surface area contributed by atoms with Crippen molar-refractivity contribution in [2.24, 2.45) is 22.7 Å². The van der Waals surface area contributed by atoms with Gasteiger partial charge in [-0.2, -0.15) is 0 Å². The van der Waals surface area contributed by atoms with Gasteiger partial charge >= 0.3 is 11.6 Å². The molecule has 0 saturated heterocycles. The second kappa shape index (κ2) is 7.96. The van der Waals surface area contributed by atoms with E-state index in [4.69, 9.17) is 9.15 Å². The highest BCUT2D eigenvalue weighted by atomic mass is 16.5. The van der Waals surface area contributed by atoms with Crippen molar-refractivity contribution in [1.29, 1.82) is 0 Å². The Labute approximate surface area is 203 Å². The molecule has 9 nitrogen and oxygen atoms in total. The molecule has 1 aromatic heterocycles. The topological polar surface area (TPSA) is 154 Å². The van der Waals surface area contributed by atoms with Crippen LogP contribution in [0.2, 0.25) is 0 Å². The van der Waals surface area contributed by atoms with E-state index in [1.165, 1.54) is 19.3 Å². The van der Waals surface area contributed by atoms with E-state index in [0.29, 0.717) is 31.1 Å². The normalized spacial score (nSPS) is 48.9. The summed E-state index contributed by atoms with van der Waals surface area (Å²) in [6.45, 7) is 3.16. The minimum atomic E-state index is -1.57. The number of hydrogen-bond donors (Lipinski definition) is 4. The molecule has 1 heterocycles. The fourth-order valence-corrected chi connectivity index (χ4v) is 8.75. The quantitative estimate of drug-likeness (QED) is 0.359. The Kier molecular flexibility index (Phi) is 5.60. The minimum Gasteiger partial charge on any atom is -0.461 e. The molecular formula is C26H34O9. The molecule has 0 amide bonds. The monoisotopic (exact) mass is 490 g/mol. The van der Waals surface area contributed by atoms with Crippen LogP contribution in [0.15, 0.2) is 27.6 Å². The third kappa shape index (κ3) is 3.17. The summed E-state index contributed by atoms with van der Waals surface area (Å²) in [7, 11) is 0. The van der Waals surface area contributed by atoms with Gasteiger partial charge in [0.05, 0.1) is 35.1 Å². The van der Waals surface area contributed by atoms with Crippen molar-refractivity contribution in [2.45, 2.75) is 94.2 Å². The average molecular weight is 491 g/mol. The zero-order chi connectivity index (χ0) is 25.4. The third-order valence-electron chi connectivity index (χ3n) is 10.1. The summed E-state index contributed by atoms with van der Waals surface area (Å²) in [4.78, 5) is 36.4. The van der Waals surface area contributed by atoms with Crippen molar-refractivity contribution in [3.8, 4) is 0 Å². The molecule has 4 fully saturated rings. The van der Waals surface area contributed by atoms with Gasteiger partial charge in [0.25, 0.3) is 0 Å². The number of hydrogen-bond acceptors (Lipinski definition) is 9. The molecule has 10 unspecified atom stereocenters. The Bertz CT molecular complexity index is 1060. The van der Waals surface area contributed by atoms with Crippen molar-refractivity contribution in [3.63, 3.8) is 0 Å². The van der Waals surface area contributed by atoms with Crippen molar-refractivity contribution < 1.29 is 39.2 Å². The molecule has 4 saturated carbocycles. The number of aliphatic hydroxyl groups excluding tert-OH is 2. The largest absolute Gasteiger partial charge is 0.461 e. The lowest BCUT2D eigenvalue weighted by Gasteiger charge is -2.66. The molecule has 9 heteroatoms. The fourth-order valence-electron chi connectivity index (χ4n) is 8.75. The summed E-state index contributed by atoms with van der Waals surface area (Å²) in [5, 5.41) is 45.7. The summed E-state index contributed by atoms with van der Waals surface area (Å²) in [5.41, 5.74) is -5.06. The SMILES string of the molecule is CC(=O)OC1CC(O)CC2(O)CCC3C(CCC4(C)C(c5ccc(=O)oc5)C(O)CC34O)C12C=O. The summed E-state index contributed by atoms with van der Waals surface area (Å²) in [6, 6.07) is 2.92. The summed E-state index contributed by atoms with van der Waals surface area (Å²) in [6.07, 6.45) is 0.746. The second-order valence-electron chi connectivity index (χ2n) is 11.5. The summed E-state index contributed by atoms with van der Waals surface area (Å²) >= 11 is 0. The Morgan fingerprint density at radius 3 is 2.49 bits per heavy atom. The van der Waals surface area contributed by atoms with Gasteiger partial charge < -0.3 is 34.4 Å². The molecule has 0 radical (unpaired) electrons. The molecule has 4 aliphatic rings. The molecule has 5 rings (SSSR count). The number of aliphatic hydroxyl groups is 4. The van der Waals surface area contributed by atoms with Crippen LogP contribution in [0, 0.1) is 22.7 Å². The van der Waals surface area contributed by atoms with Gasteiger partial charge in [-0.05, 0) is 49.1 Å². The highest BCUT2D eigenvalue weighted by Crippen LogP contribution is 2.71. The van der Waals surface area contributed by atoms with Crippen LogP contribution in [-0.4, -0.2) is 62.2 Å². The maximum absolute atomic E-state index is 12.9. The van der Waals surface area contributed by atoms with Gasteiger partial charge in [-0.25, -0.2) is 4.79 Å². The van der Waals surface area contributed by atoms with E-state index in [9.17, 15) is 34.8 Å². The van der Waals surface area contributed by atoms with Crippen LogP contribution >= 0.6 is 0 Å². The number of esters is 1. The van der Waals surface area contributed by atoms with Crippen LogP contribution in [0.1, 0.15) is 70.3 Å². The van der Waals surface area contributed by atoms with Crippen LogP contribution in [0.25, 0.3) is 0 Å². The number of aldehydes is 1. The lowest BCUT2D eigenvalue weighted by atomic mass is 9.41. The predicted molar refractivity (Wildman–Crippen MR) is 121 cm³/mol. The maximum Gasteiger partial charge on any atom is 0.335 e. The van der Waals surface area contributed by atoms with Crippen LogP contribution in [-0.2, 0) is 14.3 Å². The van der Waals surface area contributed by atoms with Gasteiger partial charge in [-0.1, -0.05) is 6.92 Å². The van der Waals surface area contributed by atoms with E-state index in [1.807, 2.05) is 6.92 Å². The van der Waals surface area contributed by atoms with E-state index in [2.05, 4.69) is 0 Å². The van der Waals surface area contributed by atoms with Gasteiger partial charge in [0.1, 0.15) is 12.4 Å². The first-order valence-electron chi connectivity index (χ1n) is 12.4. The number of carbonyl (C=O) groups excluding carboxylic acids is 2. The average Bonchev–Trinajstić information content (AvgIpc) is 2.98. The maximum atomic E-state index is 12.9. The Morgan fingerprint density at radius 2 is 1.86 bits per heavy atom. The number of ether oxygens (including phenoxy) is 1. The number of rotatable bonds is 3. The number of fused-ring (bicyclic) bond motifs is 5. The van der Waals surface area contributed by atoms with Gasteiger partial charge in [-0.15, -0.1) is 0 Å². The first-order chi connectivity index (χ1) is 16.4. The van der Waals surface area contributed by atoms with E-state index >= 15 is 0 Å². The molecule has 0 bridgehead atoms. The molecule has 4 N–H and O–H groups in total. The molecule has 192 valence electrons. The van der Waals surface area contributed by atoms with E-state index in [-0.39, 0.29) is 25.7 Å². The van der Waals surface area contributed by atoms with Crippen LogP contribution in [0.3, 0.4) is 0 Å². The summed E-state index contributed by atoms with van der Waals surface area (Å²) < 4.78 is 10.6. The van der Waals surface area contributed by atoms with Gasteiger partial charge in [0, 0.05) is 43.6 Å². The molecule has 4 aliphatic carbocycles. The smallest absolute Gasteiger partial charge is 0.335 e. The van der Waals surface area contributed by atoms with Crippen LogP contribution in [0.4, 0.5) is 0 Å². The third-order valence-corrected chi connectivity index (χ3v) is 10.1. The lowest BCUT2D eigenvalue weighted by Crippen LogP contribution is -2.73. The minimum absolute atomic E-state index is 0.00325. The van der Waals surface area contributed by atoms with Gasteiger partial charge in [0.15, 0.2) is 0 Å². The zero-order valence-electron chi connectivity index (χ0n) is 20.1. The zero-order valence-corrected chi connectivity index (χ0v) is 20.1. The Morgan fingerprint density at radius 1 is 1.14 bits per heavy atom. The highest BCUT2D eigenvalue weighted by Gasteiger charge is 2.75. The molecule has 0 aromatic carbocycles.